The molecule has 2 aliphatic heterocycles. The van der Waals surface area contributed by atoms with E-state index in [0.29, 0.717) is 29.8 Å². The maximum Gasteiger partial charge on any atom is 0.163 e. The van der Waals surface area contributed by atoms with Crippen LogP contribution in [-0.2, 0) is 18.0 Å². The van der Waals surface area contributed by atoms with Crippen LogP contribution in [-0.4, -0.2) is 32.8 Å². The third-order valence-corrected chi connectivity index (χ3v) is 5.79. The first-order valence-electron chi connectivity index (χ1n) is 9.66. The number of benzene rings is 1. The fraction of sp³-hybridized carbons (Fsp3) is 0.333. The fourth-order valence-electron chi connectivity index (χ4n) is 4.12. The summed E-state index contributed by atoms with van der Waals surface area (Å²) in [4.78, 5) is 6.66. The number of halogens is 1. The van der Waals surface area contributed by atoms with Gasteiger partial charge in [-0.1, -0.05) is 17.7 Å². The molecular formula is C21H19ClN6O. The monoisotopic (exact) mass is 406 g/mol. The molecule has 4 heterocycles. The average Bonchev–Trinajstić information content (AvgIpc) is 3.09. The van der Waals surface area contributed by atoms with Crippen molar-refractivity contribution in [1.82, 2.24) is 19.7 Å². The smallest absolute Gasteiger partial charge is 0.163 e. The number of hydrogen-bond donors (Lipinski definition) is 0. The lowest BCUT2D eigenvalue weighted by Gasteiger charge is -2.32. The van der Waals surface area contributed by atoms with Gasteiger partial charge in [0.2, 0.25) is 0 Å². The molecule has 2 aromatic heterocycles. The molecule has 0 radical (unpaired) electrons. The summed E-state index contributed by atoms with van der Waals surface area (Å²) >= 11 is 6.19. The van der Waals surface area contributed by atoms with Gasteiger partial charge in [-0.2, -0.15) is 5.26 Å². The van der Waals surface area contributed by atoms with Gasteiger partial charge in [-0.05, 0) is 43.2 Å². The minimum atomic E-state index is 0.299. The van der Waals surface area contributed by atoms with Crippen molar-refractivity contribution in [2.45, 2.75) is 32.0 Å². The van der Waals surface area contributed by atoms with Crippen LogP contribution in [0.3, 0.4) is 0 Å². The second kappa shape index (κ2) is 7.47. The van der Waals surface area contributed by atoms with Gasteiger partial charge in [0.05, 0.1) is 12.3 Å². The molecule has 0 atom stereocenters. The minimum Gasteiger partial charge on any atom is -0.369 e. The number of pyridine rings is 1. The van der Waals surface area contributed by atoms with Gasteiger partial charge >= 0.3 is 0 Å². The molecule has 5 rings (SSSR count). The van der Waals surface area contributed by atoms with Crippen LogP contribution in [0.5, 0.6) is 0 Å². The average molecular weight is 407 g/mol. The van der Waals surface area contributed by atoms with Gasteiger partial charge in [0.15, 0.2) is 5.82 Å². The van der Waals surface area contributed by atoms with Gasteiger partial charge in [0.25, 0.3) is 0 Å². The normalized spacial score (nSPS) is 16.6. The predicted molar refractivity (Wildman–Crippen MR) is 108 cm³/mol. The summed E-state index contributed by atoms with van der Waals surface area (Å²) in [6.07, 6.45) is 1.89. The van der Waals surface area contributed by atoms with Gasteiger partial charge < -0.3 is 9.64 Å². The molecule has 146 valence electrons. The van der Waals surface area contributed by atoms with Crippen LogP contribution in [0.25, 0.3) is 5.69 Å². The second-order valence-corrected chi connectivity index (χ2v) is 7.77. The van der Waals surface area contributed by atoms with Crippen molar-refractivity contribution >= 4 is 17.4 Å². The Kier molecular flexibility index (Phi) is 4.66. The Hall–Kier alpha value is -2.95. The Labute approximate surface area is 173 Å². The highest BCUT2D eigenvalue weighted by Gasteiger charge is 2.29. The van der Waals surface area contributed by atoms with E-state index in [4.69, 9.17) is 21.6 Å². The number of hydrogen-bond acceptors (Lipinski definition) is 6. The van der Waals surface area contributed by atoms with Crippen LogP contribution in [0.4, 0.5) is 5.82 Å². The van der Waals surface area contributed by atoms with Crippen molar-refractivity contribution in [1.29, 1.82) is 5.26 Å². The van der Waals surface area contributed by atoms with E-state index in [9.17, 15) is 0 Å². The molecule has 1 fully saturated rings. The third kappa shape index (κ3) is 3.35. The molecular weight excluding hydrogens is 388 g/mol. The summed E-state index contributed by atoms with van der Waals surface area (Å²) in [5.41, 5.74) is 2.54. The van der Waals surface area contributed by atoms with Gasteiger partial charge in [-0.25, -0.2) is 4.98 Å². The molecule has 0 bridgehead atoms. The largest absolute Gasteiger partial charge is 0.369 e. The number of anilines is 1. The number of piperidine rings is 1. The summed E-state index contributed by atoms with van der Waals surface area (Å²) < 4.78 is 7.92. The molecule has 29 heavy (non-hydrogen) atoms. The lowest BCUT2D eigenvalue weighted by atomic mass is 9.95. The fourth-order valence-corrected chi connectivity index (χ4v) is 4.31. The molecule has 0 aliphatic carbocycles. The van der Waals surface area contributed by atoms with E-state index in [-0.39, 0.29) is 0 Å². The van der Waals surface area contributed by atoms with Crippen LogP contribution in [0.1, 0.15) is 41.7 Å². The van der Waals surface area contributed by atoms with E-state index >= 15 is 0 Å². The van der Waals surface area contributed by atoms with E-state index in [0.717, 1.165) is 54.6 Å². The summed E-state index contributed by atoms with van der Waals surface area (Å²) in [6.45, 7) is 2.67. The Morgan fingerprint density at radius 3 is 2.79 bits per heavy atom. The Morgan fingerprint density at radius 2 is 1.97 bits per heavy atom. The quantitative estimate of drug-likeness (QED) is 0.646. The minimum absolute atomic E-state index is 0.299. The SMILES string of the molecule is N#Cc1cccc(N2CCC(c3nnc4n3-c3ccc(Cl)cc3COC4)CC2)n1. The van der Waals surface area contributed by atoms with Gasteiger partial charge in [0, 0.05) is 29.6 Å². The molecule has 0 N–H and O–H groups in total. The second-order valence-electron chi connectivity index (χ2n) is 7.33. The van der Waals surface area contributed by atoms with E-state index in [1.165, 1.54) is 0 Å². The van der Waals surface area contributed by atoms with Crippen LogP contribution < -0.4 is 4.90 Å². The maximum absolute atomic E-state index is 9.09. The Morgan fingerprint density at radius 1 is 1.10 bits per heavy atom. The zero-order valence-electron chi connectivity index (χ0n) is 15.8. The topological polar surface area (TPSA) is 79.9 Å². The number of ether oxygens (including phenoxy) is 1. The molecule has 3 aromatic rings. The number of nitrogens with zero attached hydrogens (tertiary/aromatic N) is 6. The lowest BCUT2D eigenvalue weighted by Crippen LogP contribution is -2.34. The summed E-state index contributed by atoms with van der Waals surface area (Å²) in [5, 5.41) is 18.7. The third-order valence-electron chi connectivity index (χ3n) is 5.56. The zero-order valence-corrected chi connectivity index (χ0v) is 16.5. The maximum atomic E-state index is 9.09. The van der Waals surface area contributed by atoms with Gasteiger partial charge in [-0.15, -0.1) is 10.2 Å². The van der Waals surface area contributed by atoms with Crippen molar-refractivity contribution < 1.29 is 4.74 Å². The predicted octanol–water partition coefficient (Wildman–Crippen LogP) is 3.60. The van der Waals surface area contributed by atoms with Crippen molar-refractivity contribution in [3.05, 3.63) is 64.3 Å². The summed E-state index contributed by atoms with van der Waals surface area (Å²) in [6, 6.07) is 13.6. The summed E-state index contributed by atoms with van der Waals surface area (Å²) in [7, 11) is 0. The first kappa shape index (κ1) is 18.1. The standard InChI is InChI=1S/C21H19ClN6O/c22-16-4-5-18-15(10-16)12-29-13-20-25-26-21(28(18)20)14-6-8-27(9-7-14)19-3-1-2-17(11-23)24-19/h1-5,10,14H,6-9,12-13H2. The molecule has 1 saturated heterocycles. The number of nitriles is 1. The molecule has 0 amide bonds. The molecule has 7 nitrogen and oxygen atoms in total. The van der Waals surface area contributed by atoms with Crippen LogP contribution in [0, 0.1) is 11.3 Å². The Balaban J connectivity index is 1.41. The van der Waals surface area contributed by atoms with E-state index in [2.05, 4.69) is 30.7 Å². The molecule has 0 unspecified atom stereocenters. The molecule has 0 spiro atoms. The van der Waals surface area contributed by atoms with E-state index in [1.54, 1.807) is 6.07 Å². The highest BCUT2D eigenvalue weighted by Crippen LogP contribution is 2.33. The molecule has 2 aliphatic rings. The number of aromatic nitrogens is 4. The van der Waals surface area contributed by atoms with Crippen LogP contribution in [0.15, 0.2) is 36.4 Å². The van der Waals surface area contributed by atoms with Gasteiger partial charge in [-0.3, -0.25) is 4.57 Å². The molecule has 0 saturated carbocycles. The van der Waals surface area contributed by atoms with Crippen molar-refractivity contribution in [2.75, 3.05) is 18.0 Å². The first-order valence-corrected chi connectivity index (χ1v) is 10.0. The van der Waals surface area contributed by atoms with E-state index < -0.39 is 0 Å². The number of fused-ring (bicyclic) bond motifs is 3. The first-order chi connectivity index (χ1) is 14.2. The van der Waals surface area contributed by atoms with Gasteiger partial charge in [0.1, 0.15) is 30.0 Å². The number of rotatable bonds is 2. The van der Waals surface area contributed by atoms with Crippen LogP contribution in [0.2, 0.25) is 5.02 Å². The highest BCUT2D eigenvalue weighted by atomic mass is 35.5. The van der Waals surface area contributed by atoms with Crippen molar-refractivity contribution in [3.63, 3.8) is 0 Å². The van der Waals surface area contributed by atoms with Crippen LogP contribution >= 0.6 is 11.6 Å². The van der Waals surface area contributed by atoms with E-state index in [1.807, 2.05) is 30.3 Å². The zero-order chi connectivity index (χ0) is 19.8. The summed E-state index contributed by atoms with van der Waals surface area (Å²) in [5.74, 6) is 2.96. The highest BCUT2D eigenvalue weighted by molar-refractivity contribution is 6.30. The molecule has 8 heteroatoms. The lowest BCUT2D eigenvalue weighted by molar-refractivity contribution is 0.105. The Bertz CT molecular complexity index is 1100. The van der Waals surface area contributed by atoms with Crippen molar-refractivity contribution in [2.24, 2.45) is 0 Å². The van der Waals surface area contributed by atoms with Crippen molar-refractivity contribution in [3.8, 4) is 11.8 Å². The molecule has 1 aromatic carbocycles.